The smallest absolute Gasteiger partial charge is 0.227 e. The molecular formula is C26H35N3O2. The highest BCUT2D eigenvalue weighted by Crippen LogP contribution is 2.31. The van der Waals surface area contributed by atoms with Crippen LogP contribution >= 0.6 is 0 Å². The molecule has 1 amide bonds. The molecule has 5 nitrogen and oxygen atoms in total. The number of carbonyl (C=O) groups excluding carboxylic acids is 1. The molecule has 0 aliphatic carbocycles. The van der Waals surface area contributed by atoms with Crippen molar-refractivity contribution < 1.29 is 9.53 Å². The van der Waals surface area contributed by atoms with E-state index < -0.39 is 0 Å². The van der Waals surface area contributed by atoms with Gasteiger partial charge in [-0.3, -0.25) is 9.69 Å². The van der Waals surface area contributed by atoms with Gasteiger partial charge in [-0.1, -0.05) is 30.3 Å². The van der Waals surface area contributed by atoms with Crippen molar-refractivity contribution >= 4 is 11.6 Å². The van der Waals surface area contributed by atoms with E-state index in [0.717, 1.165) is 42.9 Å². The van der Waals surface area contributed by atoms with Gasteiger partial charge in [-0.25, -0.2) is 0 Å². The Hall–Kier alpha value is -2.53. The fourth-order valence-electron chi connectivity index (χ4n) is 5.25. The van der Waals surface area contributed by atoms with E-state index in [0.29, 0.717) is 31.1 Å². The number of rotatable bonds is 4. The normalized spacial score (nSPS) is 21.9. The minimum Gasteiger partial charge on any atom is -0.497 e. The molecule has 1 saturated heterocycles. The fraction of sp³-hybridized carbons (Fsp3) is 0.500. The zero-order valence-electron chi connectivity index (χ0n) is 19.0. The van der Waals surface area contributed by atoms with E-state index in [4.69, 9.17) is 4.74 Å². The van der Waals surface area contributed by atoms with Crippen LogP contribution in [0.3, 0.4) is 0 Å². The number of benzene rings is 2. The highest BCUT2D eigenvalue weighted by molar-refractivity contribution is 5.79. The van der Waals surface area contributed by atoms with Crippen LogP contribution in [-0.4, -0.2) is 54.0 Å². The van der Waals surface area contributed by atoms with Crippen LogP contribution in [-0.2, 0) is 17.8 Å². The predicted octanol–water partition coefficient (Wildman–Crippen LogP) is 4.32. The first-order valence-electron chi connectivity index (χ1n) is 11.5. The topological polar surface area (TPSA) is 44.8 Å². The molecule has 2 aliphatic rings. The number of hydrogen-bond donors (Lipinski definition) is 1. The Balaban J connectivity index is 1.60. The first-order chi connectivity index (χ1) is 15.0. The van der Waals surface area contributed by atoms with Gasteiger partial charge in [-0.15, -0.1) is 0 Å². The van der Waals surface area contributed by atoms with Crippen molar-refractivity contribution in [2.24, 2.45) is 0 Å². The van der Waals surface area contributed by atoms with E-state index in [1.807, 2.05) is 24.3 Å². The average molecular weight is 422 g/mol. The van der Waals surface area contributed by atoms with E-state index in [1.165, 1.54) is 12.0 Å². The monoisotopic (exact) mass is 421 g/mol. The highest BCUT2D eigenvalue weighted by Gasteiger charge is 2.36. The third-order valence-corrected chi connectivity index (χ3v) is 6.74. The quantitative estimate of drug-likeness (QED) is 0.798. The van der Waals surface area contributed by atoms with Crippen LogP contribution in [0.4, 0.5) is 5.69 Å². The van der Waals surface area contributed by atoms with Crippen LogP contribution in [0.2, 0.25) is 0 Å². The second kappa shape index (κ2) is 9.73. The van der Waals surface area contributed by atoms with Gasteiger partial charge >= 0.3 is 0 Å². The summed E-state index contributed by atoms with van der Waals surface area (Å²) in [5, 5.41) is 3.65. The maximum Gasteiger partial charge on any atom is 0.227 e. The van der Waals surface area contributed by atoms with Gasteiger partial charge in [0.05, 0.1) is 13.5 Å². The summed E-state index contributed by atoms with van der Waals surface area (Å²) >= 11 is 0. The largest absolute Gasteiger partial charge is 0.497 e. The van der Waals surface area contributed by atoms with Crippen molar-refractivity contribution in [1.29, 1.82) is 0 Å². The average Bonchev–Trinajstić information content (AvgIpc) is 3.15. The number of nitrogens with zero attached hydrogens (tertiary/aromatic N) is 2. The van der Waals surface area contributed by atoms with E-state index in [2.05, 4.69) is 53.2 Å². The number of ether oxygens (including phenoxy) is 1. The van der Waals surface area contributed by atoms with Gasteiger partial charge in [0, 0.05) is 43.4 Å². The van der Waals surface area contributed by atoms with Gasteiger partial charge in [0.25, 0.3) is 0 Å². The lowest BCUT2D eigenvalue weighted by molar-refractivity contribution is -0.132. The molecule has 166 valence electrons. The molecule has 0 saturated carbocycles. The van der Waals surface area contributed by atoms with Crippen LogP contribution in [0.5, 0.6) is 5.75 Å². The number of para-hydroxylation sites is 1. The standard InChI is InChI=1S/C26H35N3O2/c1-19(2)29-22-10-11-23(29)18-28(17-21-6-4-5-7-25(21)27-15-14-22)26(30)16-20-8-12-24(31-3)13-9-20/h4-9,12-13,19,22-23,27H,10-11,14-18H2,1-3H3/t22-,23+/m1/s1. The van der Waals surface area contributed by atoms with Crippen molar-refractivity contribution in [3.8, 4) is 5.75 Å². The number of nitrogens with one attached hydrogen (secondary N) is 1. The molecule has 1 fully saturated rings. The Morgan fingerprint density at radius 2 is 1.81 bits per heavy atom. The third-order valence-electron chi connectivity index (χ3n) is 6.74. The molecule has 1 N–H and O–H groups in total. The van der Waals surface area contributed by atoms with Gasteiger partial charge in [0.15, 0.2) is 0 Å². The van der Waals surface area contributed by atoms with Crippen molar-refractivity contribution in [3.05, 3.63) is 59.7 Å². The van der Waals surface area contributed by atoms with E-state index in [9.17, 15) is 4.79 Å². The molecule has 0 spiro atoms. The number of anilines is 1. The molecule has 0 radical (unpaired) electrons. The Morgan fingerprint density at radius 1 is 1.06 bits per heavy atom. The summed E-state index contributed by atoms with van der Waals surface area (Å²) in [4.78, 5) is 18.2. The minimum atomic E-state index is 0.186. The molecule has 2 bridgehead atoms. The Kier molecular flexibility index (Phi) is 6.81. The zero-order valence-corrected chi connectivity index (χ0v) is 19.0. The fourth-order valence-corrected chi connectivity index (χ4v) is 5.25. The van der Waals surface area contributed by atoms with Crippen LogP contribution in [0.25, 0.3) is 0 Å². The zero-order chi connectivity index (χ0) is 21.8. The molecule has 2 aromatic carbocycles. The molecular weight excluding hydrogens is 386 g/mol. The molecule has 5 heteroatoms. The van der Waals surface area contributed by atoms with Crippen LogP contribution in [0.1, 0.15) is 44.2 Å². The van der Waals surface area contributed by atoms with Gasteiger partial charge in [-0.2, -0.15) is 0 Å². The van der Waals surface area contributed by atoms with Crippen molar-refractivity contribution in [2.75, 3.05) is 25.5 Å². The molecule has 31 heavy (non-hydrogen) atoms. The summed E-state index contributed by atoms with van der Waals surface area (Å²) in [5.41, 5.74) is 3.37. The molecule has 2 aliphatic heterocycles. The first kappa shape index (κ1) is 21.7. The number of methoxy groups -OCH3 is 1. The van der Waals surface area contributed by atoms with Crippen LogP contribution in [0, 0.1) is 0 Å². The summed E-state index contributed by atoms with van der Waals surface area (Å²) in [6, 6.07) is 17.8. The maximum atomic E-state index is 13.5. The predicted molar refractivity (Wildman–Crippen MR) is 125 cm³/mol. The Labute approximate surface area is 186 Å². The molecule has 2 heterocycles. The Morgan fingerprint density at radius 3 is 2.55 bits per heavy atom. The summed E-state index contributed by atoms with van der Waals surface area (Å²) in [6.07, 6.45) is 3.93. The van der Waals surface area contributed by atoms with Crippen molar-refractivity contribution in [1.82, 2.24) is 9.80 Å². The Bertz CT molecular complexity index is 880. The SMILES string of the molecule is COc1ccc(CC(=O)N2Cc3ccccc3NCC[C@H]3CC[C@@H](C2)N3C(C)C)cc1. The van der Waals surface area contributed by atoms with Gasteiger partial charge < -0.3 is 15.0 Å². The third kappa shape index (κ3) is 5.04. The van der Waals surface area contributed by atoms with Gasteiger partial charge in [0.2, 0.25) is 5.91 Å². The lowest BCUT2D eigenvalue weighted by Gasteiger charge is -2.36. The molecule has 0 unspecified atom stereocenters. The van der Waals surface area contributed by atoms with Gasteiger partial charge in [-0.05, 0) is 62.4 Å². The summed E-state index contributed by atoms with van der Waals surface area (Å²) in [5.74, 6) is 1.00. The van der Waals surface area contributed by atoms with Crippen molar-refractivity contribution in [2.45, 2.75) is 64.2 Å². The maximum absolute atomic E-state index is 13.5. The minimum absolute atomic E-state index is 0.186. The summed E-state index contributed by atoms with van der Waals surface area (Å²) < 4.78 is 5.26. The number of hydrogen-bond acceptors (Lipinski definition) is 4. The van der Waals surface area contributed by atoms with E-state index in [-0.39, 0.29) is 5.91 Å². The van der Waals surface area contributed by atoms with Crippen molar-refractivity contribution in [3.63, 3.8) is 0 Å². The number of carbonyl (C=O) groups is 1. The van der Waals surface area contributed by atoms with Crippen LogP contribution < -0.4 is 10.1 Å². The summed E-state index contributed by atoms with van der Waals surface area (Å²) in [6.45, 7) is 6.98. The first-order valence-corrected chi connectivity index (χ1v) is 11.5. The molecule has 2 aromatic rings. The van der Waals surface area contributed by atoms with E-state index in [1.54, 1.807) is 7.11 Å². The molecule has 4 rings (SSSR count). The lowest BCUT2D eigenvalue weighted by atomic mass is 10.1. The second-order valence-electron chi connectivity index (χ2n) is 9.10. The highest BCUT2D eigenvalue weighted by atomic mass is 16.5. The lowest BCUT2D eigenvalue weighted by Crippen LogP contribution is -2.48. The molecule has 0 aromatic heterocycles. The van der Waals surface area contributed by atoms with E-state index >= 15 is 0 Å². The second-order valence-corrected chi connectivity index (χ2v) is 9.10. The van der Waals surface area contributed by atoms with Gasteiger partial charge in [0.1, 0.15) is 5.75 Å². The molecule has 2 atom stereocenters. The number of fused-ring (bicyclic) bond motifs is 3. The van der Waals surface area contributed by atoms with Crippen LogP contribution in [0.15, 0.2) is 48.5 Å². The number of amides is 1. The summed E-state index contributed by atoms with van der Waals surface area (Å²) in [7, 11) is 1.66.